The van der Waals surface area contributed by atoms with Crippen LogP contribution in [0.2, 0.25) is 5.15 Å². The number of pyridine rings is 1. The standard InChI is InChI=1S/C13H9BrClN3S/c1-16-9-4-5-10(17-12(9)15)13-18-8-3-2-7(14)6-11(8)19-13/h2-6,16H,1H3. The van der Waals surface area contributed by atoms with E-state index in [0.717, 1.165) is 31.1 Å². The van der Waals surface area contributed by atoms with Gasteiger partial charge in [-0.2, -0.15) is 0 Å². The van der Waals surface area contributed by atoms with Gasteiger partial charge < -0.3 is 5.32 Å². The lowest BCUT2D eigenvalue weighted by Crippen LogP contribution is -1.92. The fraction of sp³-hybridized carbons (Fsp3) is 0.0769. The van der Waals surface area contributed by atoms with E-state index in [-0.39, 0.29) is 0 Å². The number of thiazole rings is 1. The molecule has 0 aliphatic carbocycles. The van der Waals surface area contributed by atoms with Gasteiger partial charge in [0.1, 0.15) is 10.7 Å². The Hall–Kier alpha value is -1.17. The molecule has 3 nitrogen and oxygen atoms in total. The van der Waals surface area contributed by atoms with E-state index in [1.165, 1.54) is 0 Å². The van der Waals surface area contributed by atoms with Crippen LogP contribution in [0, 0.1) is 0 Å². The number of hydrogen-bond donors (Lipinski definition) is 1. The molecule has 0 atom stereocenters. The van der Waals surface area contributed by atoms with E-state index in [4.69, 9.17) is 11.6 Å². The quantitative estimate of drug-likeness (QED) is 0.671. The summed E-state index contributed by atoms with van der Waals surface area (Å²) in [7, 11) is 1.82. The Bertz CT molecular complexity index is 757. The first-order chi connectivity index (χ1) is 9.17. The van der Waals surface area contributed by atoms with Crippen LogP contribution in [0.3, 0.4) is 0 Å². The van der Waals surface area contributed by atoms with Gasteiger partial charge in [-0.15, -0.1) is 11.3 Å². The molecule has 0 amide bonds. The summed E-state index contributed by atoms with van der Waals surface area (Å²) in [5.74, 6) is 0. The molecule has 0 radical (unpaired) electrons. The smallest absolute Gasteiger partial charge is 0.152 e. The minimum atomic E-state index is 0.459. The second kappa shape index (κ2) is 5.07. The van der Waals surface area contributed by atoms with Gasteiger partial charge in [0, 0.05) is 11.5 Å². The van der Waals surface area contributed by atoms with Gasteiger partial charge in [-0.05, 0) is 30.3 Å². The average molecular weight is 355 g/mol. The minimum absolute atomic E-state index is 0.459. The highest BCUT2D eigenvalue weighted by Gasteiger charge is 2.10. The van der Waals surface area contributed by atoms with Crippen LogP contribution in [-0.2, 0) is 0 Å². The van der Waals surface area contributed by atoms with E-state index in [2.05, 4.69) is 37.3 Å². The molecule has 0 unspecified atom stereocenters. The Labute approximate surface area is 127 Å². The molecule has 2 aromatic heterocycles. The third-order valence-corrected chi connectivity index (χ3v) is 4.51. The number of fused-ring (bicyclic) bond motifs is 1. The van der Waals surface area contributed by atoms with E-state index in [9.17, 15) is 0 Å². The molecule has 2 heterocycles. The molecular weight excluding hydrogens is 346 g/mol. The molecule has 6 heteroatoms. The van der Waals surface area contributed by atoms with Crippen molar-refractivity contribution in [3.8, 4) is 10.7 Å². The number of aromatic nitrogens is 2. The summed E-state index contributed by atoms with van der Waals surface area (Å²) < 4.78 is 2.17. The highest BCUT2D eigenvalue weighted by atomic mass is 79.9. The van der Waals surface area contributed by atoms with Crippen LogP contribution in [0.5, 0.6) is 0 Å². The highest BCUT2D eigenvalue weighted by molar-refractivity contribution is 9.10. The van der Waals surface area contributed by atoms with Gasteiger partial charge in [0.2, 0.25) is 0 Å². The van der Waals surface area contributed by atoms with Gasteiger partial charge in [-0.25, -0.2) is 9.97 Å². The molecule has 0 spiro atoms. The van der Waals surface area contributed by atoms with Gasteiger partial charge >= 0.3 is 0 Å². The van der Waals surface area contributed by atoms with Gasteiger partial charge in [0.15, 0.2) is 5.15 Å². The Morgan fingerprint density at radius 1 is 1.21 bits per heavy atom. The SMILES string of the molecule is CNc1ccc(-c2nc3ccc(Br)cc3s2)nc1Cl. The maximum atomic E-state index is 6.10. The van der Waals surface area contributed by atoms with Crippen molar-refractivity contribution >= 4 is 54.8 Å². The van der Waals surface area contributed by atoms with Crippen molar-refractivity contribution < 1.29 is 0 Å². The number of nitrogens with one attached hydrogen (secondary N) is 1. The van der Waals surface area contributed by atoms with Gasteiger partial charge in [-0.1, -0.05) is 27.5 Å². The molecule has 0 saturated carbocycles. The zero-order valence-corrected chi connectivity index (χ0v) is 13.1. The molecule has 3 rings (SSSR count). The van der Waals surface area contributed by atoms with Crippen molar-refractivity contribution in [2.45, 2.75) is 0 Å². The zero-order valence-electron chi connectivity index (χ0n) is 9.95. The van der Waals surface area contributed by atoms with Crippen LogP contribution in [0.15, 0.2) is 34.8 Å². The molecule has 0 aliphatic heterocycles. The van der Waals surface area contributed by atoms with Crippen LogP contribution < -0.4 is 5.32 Å². The van der Waals surface area contributed by atoms with E-state index < -0.39 is 0 Å². The molecule has 19 heavy (non-hydrogen) atoms. The Balaban J connectivity index is 2.11. The molecule has 1 N–H and O–H groups in total. The Kier molecular flexibility index (Phi) is 3.43. The third kappa shape index (κ3) is 2.45. The fourth-order valence-corrected chi connectivity index (χ4v) is 3.48. The number of halogens is 2. The van der Waals surface area contributed by atoms with E-state index in [0.29, 0.717) is 5.15 Å². The van der Waals surface area contributed by atoms with Crippen LogP contribution in [-0.4, -0.2) is 17.0 Å². The van der Waals surface area contributed by atoms with Crippen molar-refractivity contribution in [1.29, 1.82) is 0 Å². The summed E-state index contributed by atoms with van der Waals surface area (Å²) in [6.45, 7) is 0. The van der Waals surface area contributed by atoms with Gasteiger partial charge in [0.25, 0.3) is 0 Å². The number of rotatable bonds is 2. The van der Waals surface area contributed by atoms with Crippen LogP contribution >= 0.6 is 38.9 Å². The molecule has 0 bridgehead atoms. The first-order valence-electron chi connectivity index (χ1n) is 5.58. The van der Waals surface area contributed by atoms with Crippen molar-refractivity contribution in [1.82, 2.24) is 9.97 Å². The summed E-state index contributed by atoms with van der Waals surface area (Å²) in [5, 5.41) is 4.32. The molecule has 0 aliphatic rings. The molecular formula is C13H9BrClN3S. The van der Waals surface area contributed by atoms with Gasteiger partial charge in [0.05, 0.1) is 15.9 Å². The average Bonchev–Trinajstić information content (AvgIpc) is 2.81. The fourth-order valence-electron chi connectivity index (χ4n) is 1.75. The number of nitrogens with zero attached hydrogens (tertiary/aromatic N) is 2. The van der Waals surface area contributed by atoms with Crippen LogP contribution in [0.25, 0.3) is 20.9 Å². The first kappa shape index (κ1) is 12.8. The van der Waals surface area contributed by atoms with E-state index >= 15 is 0 Å². The molecule has 1 aromatic carbocycles. The second-order valence-corrected chi connectivity index (χ2v) is 6.22. The van der Waals surface area contributed by atoms with Gasteiger partial charge in [-0.3, -0.25) is 0 Å². The second-order valence-electron chi connectivity index (χ2n) is 3.92. The summed E-state index contributed by atoms with van der Waals surface area (Å²) in [5.41, 5.74) is 2.58. The van der Waals surface area contributed by atoms with Crippen LogP contribution in [0.1, 0.15) is 0 Å². The lowest BCUT2D eigenvalue weighted by Gasteiger charge is -2.03. The molecule has 96 valence electrons. The van der Waals surface area contributed by atoms with Crippen molar-refractivity contribution in [2.75, 3.05) is 12.4 Å². The molecule has 0 saturated heterocycles. The normalized spacial score (nSPS) is 10.9. The van der Waals surface area contributed by atoms with E-state index in [1.54, 1.807) is 11.3 Å². The van der Waals surface area contributed by atoms with Crippen molar-refractivity contribution in [2.24, 2.45) is 0 Å². The Morgan fingerprint density at radius 3 is 2.79 bits per heavy atom. The maximum absolute atomic E-state index is 6.10. The minimum Gasteiger partial charge on any atom is -0.386 e. The Morgan fingerprint density at radius 2 is 2.05 bits per heavy atom. The first-order valence-corrected chi connectivity index (χ1v) is 7.57. The maximum Gasteiger partial charge on any atom is 0.152 e. The van der Waals surface area contributed by atoms with Crippen molar-refractivity contribution in [3.05, 3.63) is 40.0 Å². The lowest BCUT2D eigenvalue weighted by molar-refractivity contribution is 1.29. The topological polar surface area (TPSA) is 37.8 Å². The summed E-state index contributed by atoms with van der Waals surface area (Å²) in [6, 6.07) is 9.86. The highest BCUT2D eigenvalue weighted by Crippen LogP contribution is 2.32. The number of hydrogen-bond acceptors (Lipinski definition) is 4. The van der Waals surface area contributed by atoms with E-state index in [1.807, 2.05) is 31.3 Å². The predicted molar refractivity (Wildman–Crippen MR) is 85.1 cm³/mol. The largest absolute Gasteiger partial charge is 0.386 e. The predicted octanol–water partition coefficient (Wildman–Crippen LogP) is 4.82. The van der Waals surface area contributed by atoms with Crippen LogP contribution in [0.4, 0.5) is 5.69 Å². The summed E-state index contributed by atoms with van der Waals surface area (Å²) >= 11 is 11.2. The van der Waals surface area contributed by atoms with Crippen molar-refractivity contribution in [3.63, 3.8) is 0 Å². The monoisotopic (exact) mass is 353 g/mol. The summed E-state index contributed by atoms with van der Waals surface area (Å²) in [4.78, 5) is 8.95. The molecule has 0 fully saturated rings. The third-order valence-electron chi connectivity index (χ3n) is 2.69. The lowest BCUT2D eigenvalue weighted by atomic mass is 10.3. The summed E-state index contributed by atoms with van der Waals surface area (Å²) in [6.07, 6.45) is 0. The number of benzene rings is 1. The number of anilines is 1. The molecule has 3 aromatic rings. The zero-order chi connectivity index (χ0) is 13.4.